The molecule has 0 spiro atoms. The molecule has 1 aliphatic heterocycles. The number of benzene rings is 3. The molecular weight excluding hydrogens is 473 g/mol. The molecule has 5 rings (SSSR count). The number of phenolic OH excluding ortho intramolecular Hbond substituents is 1. The van der Waals surface area contributed by atoms with Gasteiger partial charge >= 0.3 is 12.1 Å². The number of fused-ring (bicyclic) bond motifs is 2. The van der Waals surface area contributed by atoms with Crippen molar-refractivity contribution in [3.05, 3.63) is 88.0 Å². The van der Waals surface area contributed by atoms with Crippen LogP contribution in [0.5, 0.6) is 17.2 Å². The summed E-state index contributed by atoms with van der Waals surface area (Å²) < 4.78 is 58.3. The molecule has 0 saturated heterocycles. The minimum Gasteiger partial charge on any atom is -0.508 e. The van der Waals surface area contributed by atoms with E-state index in [9.17, 15) is 23.1 Å². The van der Waals surface area contributed by atoms with Gasteiger partial charge in [0.15, 0.2) is 0 Å². The summed E-state index contributed by atoms with van der Waals surface area (Å²) in [5.41, 5.74) is 2.62. The van der Waals surface area contributed by atoms with Crippen molar-refractivity contribution in [3.8, 4) is 17.2 Å². The molecule has 2 atom stereocenters. The van der Waals surface area contributed by atoms with Crippen LogP contribution >= 0.6 is 0 Å². The fourth-order valence-corrected chi connectivity index (χ4v) is 5.09. The van der Waals surface area contributed by atoms with Crippen molar-refractivity contribution in [1.29, 1.82) is 0 Å². The lowest BCUT2D eigenvalue weighted by Crippen LogP contribution is -2.13. The Morgan fingerprint density at radius 3 is 2.56 bits per heavy atom. The minimum absolute atomic E-state index is 0.0662. The third-order valence-corrected chi connectivity index (χ3v) is 6.88. The molecule has 0 radical (unpaired) electrons. The molecule has 0 saturated carbocycles. The molecule has 1 heterocycles. The lowest BCUT2D eigenvalue weighted by atomic mass is 9.92. The molecule has 1 unspecified atom stereocenters. The van der Waals surface area contributed by atoms with E-state index in [-0.39, 0.29) is 42.1 Å². The van der Waals surface area contributed by atoms with Crippen LogP contribution in [0.2, 0.25) is 0 Å². The summed E-state index contributed by atoms with van der Waals surface area (Å²) in [5, 5.41) is 9.53. The molecule has 2 aliphatic rings. The Labute approximate surface area is 206 Å². The number of ether oxygens (including phenoxy) is 3. The number of rotatable bonds is 6. The van der Waals surface area contributed by atoms with Crippen LogP contribution in [0.25, 0.3) is 0 Å². The molecule has 36 heavy (non-hydrogen) atoms. The molecule has 1 aliphatic carbocycles. The average molecular weight is 498 g/mol. The molecule has 0 aromatic heterocycles. The van der Waals surface area contributed by atoms with E-state index < -0.39 is 11.7 Å². The molecular formula is C28H25F3O5. The zero-order valence-corrected chi connectivity index (χ0v) is 19.6. The molecule has 3 aromatic carbocycles. The lowest BCUT2D eigenvalue weighted by molar-refractivity contribution is -0.141. The van der Waals surface area contributed by atoms with Crippen molar-refractivity contribution in [1.82, 2.24) is 0 Å². The zero-order chi connectivity index (χ0) is 25.4. The first-order valence-electron chi connectivity index (χ1n) is 11.7. The van der Waals surface area contributed by atoms with E-state index in [0.717, 1.165) is 17.2 Å². The highest BCUT2D eigenvalue weighted by atomic mass is 19.4. The summed E-state index contributed by atoms with van der Waals surface area (Å²) in [4.78, 5) is 11.7. The highest BCUT2D eigenvalue weighted by molar-refractivity contribution is 5.71. The summed E-state index contributed by atoms with van der Waals surface area (Å²) >= 11 is 0. The normalized spacial score (nSPS) is 18.3. The van der Waals surface area contributed by atoms with Crippen LogP contribution in [0.1, 0.15) is 58.2 Å². The summed E-state index contributed by atoms with van der Waals surface area (Å²) in [6.07, 6.45) is -3.49. The smallest absolute Gasteiger partial charge is 0.416 e. The first kappa shape index (κ1) is 24.0. The van der Waals surface area contributed by atoms with Crippen LogP contribution in [-0.4, -0.2) is 24.8 Å². The Balaban J connectivity index is 1.41. The molecule has 188 valence electrons. The molecule has 1 N–H and O–H groups in total. The van der Waals surface area contributed by atoms with E-state index in [1.807, 2.05) is 6.07 Å². The molecule has 0 amide bonds. The Hall–Kier alpha value is -3.68. The standard InChI is InChI=1S/C28H25F3O5/c1-34-27(33)13-17-15-35-26-14-19(6-7-20(17)26)36-25-11-9-21-22(25)8-10-24(28(29,30)31)23(21)12-16-2-4-18(32)5-3-16/h2-8,10,14,17,25,32H,9,11-13,15H2,1H3/t17?,25-/m1/s1. The second-order valence-corrected chi connectivity index (χ2v) is 9.13. The first-order chi connectivity index (χ1) is 17.2. The SMILES string of the molecule is COC(=O)CC1COc2cc(O[C@@H]3CCc4c3ccc(C(F)(F)F)c4Cc3ccc(O)cc3)ccc21. The minimum atomic E-state index is -4.47. The maximum absolute atomic E-state index is 13.9. The summed E-state index contributed by atoms with van der Waals surface area (Å²) in [5.74, 6) is 0.875. The highest BCUT2D eigenvalue weighted by Crippen LogP contribution is 2.44. The quantitative estimate of drug-likeness (QED) is 0.416. The predicted octanol–water partition coefficient (Wildman–Crippen LogP) is 6.11. The lowest BCUT2D eigenvalue weighted by Gasteiger charge is -2.20. The molecule has 0 fully saturated rings. The van der Waals surface area contributed by atoms with Gasteiger partial charge in [-0.15, -0.1) is 0 Å². The maximum Gasteiger partial charge on any atom is 0.416 e. The van der Waals surface area contributed by atoms with Crippen LogP contribution < -0.4 is 9.47 Å². The predicted molar refractivity (Wildman–Crippen MR) is 125 cm³/mol. The summed E-state index contributed by atoms with van der Waals surface area (Å²) in [6.45, 7) is 0.376. The number of hydrogen-bond donors (Lipinski definition) is 1. The first-order valence-corrected chi connectivity index (χ1v) is 11.7. The van der Waals surface area contributed by atoms with Crippen molar-refractivity contribution in [2.45, 2.75) is 43.9 Å². The van der Waals surface area contributed by atoms with Gasteiger partial charge in [0.1, 0.15) is 23.4 Å². The van der Waals surface area contributed by atoms with Crippen molar-refractivity contribution in [2.24, 2.45) is 0 Å². The van der Waals surface area contributed by atoms with Gasteiger partial charge in [-0.2, -0.15) is 13.2 Å². The molecule has 3 aromatic rings. The Morgan fingerprint density at radius 1 is 1.08 bits per heavy atom. The number of hydrogen-bond acceptors (Lipinski definition) is 5. The van der Waals surface area contributed by atoms with Gasteiger partial charge in [0.25, 0.3) is 0 Å². The second kappa shape index (κ2) is 9.41. The average Bonchev–Trinajstić information content (AvgIpc) is 3.44. The highest BCUT2D eigenvalue weighted by Gasteiger charge is 2.37. The number of carbonyl (C=O) groups is 1. The number of phenols is 1. The Bertz CT molecular complexity index is 1280. The van der Waals surface area contributed by atoms with E-state index in [1.54, 1.807) is 24.3 Å². The van der Waals surface area contributed by atoms with E-state index in [0.29, 0.717) is 42.1 Å². The number of alkyl halides is 3. The number of carbonyl (C=O) groups excluding carboxylic acids is 1. The summed E-state index contributed by atoms with van der Waals surface area (Å²) in [6, 6.07) is 14.3. The van der Waals surface area contributed by atoms with Crippen LogP contribution in [-0.2, 0) is 28.5 Å². The number of esters is 1. The van der Waals surface area contributed by atoms with E-state index in [2.05, 4.69) is 0 Å². The fourth-order valence-electron chi connectivity index (χ4n) is 5.09. The van der Waals surface area contributed by atoms with Crippen molar-refractivity contribution in [2.75, 3.05) is 13.7 Å². The second-order valence-electron chi connectivity index (χ2n) is 9.13. The van der Waals surface area contributed by atoms with E-state index >= 15 is 0 Å². The van der Waals surface area contributed by atoms with Crippen molar-refractivity contribution >= 4 is 5.97 Å². The number of halogens is 3. The fraction of sp³-hybridized carbons (Fsp3) is 0.321. The zero-order valence-electron chi connectivity index (χ0n) is 19.6. The maximum atomic E-state index is 13.9. The van der Waals surface area contributed by atoms with Crippen LogP contribution in [0, 0.1) is 0 Å². The van der Waals surface area contributed by atoms with Crippen LogP contribution in [0.3, 0.4) is 0 Å². The van der Waals surface area contributed by atoms with E-state index in [4.69, 9.17) is 14.2 Å². The summed E-state index contributed by atoms with van der Waals surface area (Å²) in [7, 11) is 1.35. The van der Waals surface area contributed by atoms with Gasteiger partial charge in [-0.05, 0) is 65.8 Å². The number of methoxy groups -OCH3 is 1. The monoisotopic (exact) mass is 498 g/mol. The molecule has 8 heteroatoms. The molecule has 0 bridgehead atoms. The Kier molecular flexibility index (Phi) is 6.28. The third-order valence-electron chi connectivity index (χ3n) is 6.88. The van der Waals surface area contributed by atoms with Gasteiger partial charge in [0.05, 0.1) is 25.7 Å². The third kappa shape index (κ3) is 4.72. The van der Waals surface area contributed by atoms with Gasteiger partial charge in [-0.25, -0.2) is 0 Å². The topological polar surface area (TPSA) is 65.0 Å². The van der Waals surface area contributed by atoms with Crippen LogP contribution in [0.15, 0.2) is 54.6 Å². The largest absolute Gasteiger partial charge is 0.508 e. The van der Waals surface area contributed by atoms with Gasteiger partial charge in [-0.1, -0.05) is 24.3 Å². The van der Waals surface area contributed by atoms with Gasteiger partial charge in [-0.3, -0.25) is 4.79 Å². The molecule has 5 nitrogen and oxygen atoms in total. The van der Waals surface area contributed by atoms with Gasteiger partial charge in [0.2, 0.25) is 0 Å². The van der Waals surface area contributed by atoms with Crippen molar-refractivity contribution in [3.63, 3.8) is 0 Å². The van der Waals surface area contributed by atoms with Crippen LogP contribution in [0.4, 0.5) is 13.2 Å². The van der Waals surface area contributed by atoms with Gasteiger partial charge in [0, 0.05) is 17.5 Å². The van der Waals surface area contributed by atoms with E-state index in [1.165, 1.54) is 25.3 Å². The Morgan fingerprint density at radius 2 is 1.83 bits per heavy atom. The van der Waals surface area contributed by atoms with Gasteiger partial charge < -0.3 is 19.3 Å². The number of aromatic hydroxyl groups is 1. The van der Waals surface area contributed by atoms with Crippen molar-refractivity contribution < 1.29 is 37.3 Å².